The van der Waals surface area contributed by atoms with Crippen molar-refractivity contribution in [3.05, 3.63) is 11.6 Å². The van der Waals surface area contributed by atoms with Crippen molar-refractivity contribution >= 4 is 17.5 Å². The number of ketones is 2. The molecule has 0 radical (unpaired) electrons. The SMILES string of the molecule is COC(=O)C12OC1(CC=C(C)CCC1CCNC(N)C1)C(=O)C1CCCC(CC(C)C)C1C2=O. The van der Waals surface area contributed by atoms with Crippen molar-refractivity contribution in [2.45, 2.75) is 95.9 Å². The second kappa shape index (κ2) is 9.82. The molecule has 4 fully saturated rings. The van der Waals surface area contributed by atoms with Gasteiger partial charge in [-0.25, -0.2) is 4.79 Å². The molecule has 2 aliphatic carbocycles. The number of allylic oxidation sites excluding steroid dienone is 1. The number of rotatable bonds is 8. The number of carbonyl (C=O) groups is 3. The number of epoxide rings is 1. The van der Waals surface area contributed by atoms with Crippen LogP contribution in [0.25, 0.3) is 0 Å². The predicted octanol–water partition coefficient (Wildman–Crippen LogP) is 3.30. The molecular formula is C27H42N2O5. The summed E-state index contributed by atoms with van der Waals surface area (Å²) in [5.41, 5.74) is 4.03. The van der Waals surface area contributed by atoms with Gasteiger partial charge in [0.1, 0.15) is 0 Å². The fourth-order valence-electron chi connectivity index (χ4n) is 6.98. The second-order valence-electron chi connectivity index (χ2n) is 11.5. The average Bonchev–Trinajstić information content (AvgIpc) is 3.51. The normalized spacial score (nSPS) is 40.1. The van der Waals surface area contributed by atoms with Gasteiger partial charge >= 0.3 is 5.97 Å². The molecule has 2 saturated heterocycles. The maximum atomic E-state index is 13.9. The van der Waals surface area contributed by atoms with E-state index in [0.29, 0.717) is 18.3 Å². The first kappa shape index (κ1) is 25.5. The highest BCUT2D eigenvalue weighted by Gasteiger charge is 2.87. The Bertz CT molecular complexity index is 854. The van der Waals surface area contributed by atoms with Gasteiger partial charge in [-0.1, -0.05) is 31.9 Å². The van der Waals surface area contributed by atoms with Crippen molar-refractivity contribution in [1.29, 1.82) is 0 Å². The van der Waals surface area contributed by atoms with Crippen LogP contribution in [0.15, 0.2) is 11.6 Å². The van der Waals surface area contributed by atoms with Gasteiger partial charge in [-0.3, -0.25) is 9.59 Å². The van der Waals surface area contributed by atoms with Crippen molar-refractivity contribution in [3.8, 4) is 0 Å². The maximum Gasteiger partial charge on any atom is 0.349 e. The molecule has 4 rings (SSSR count). The van der Waals surface area contributed by atoms with Crippen LogP contribution in [0.2, 0.25) is 0 Å². The van der Waals surface area contributed by atoms with Crippen LogP contribution in [0.3, 0.4) is 0 Å². The molecule has 0 aromatic heterocycles. The van der Waals surface area contributed by atoms with E-state index in [4.69, 9.17) is 15.2 Å². The number of fused-ring (bicyclic) bond motifs is 2. The molecule has 0 aromatic carbocycles. The van der Waals surface area contributed by atoms with Crippen LogP contribution in [-0.4, -0.2) is 48.6 Å². The summed E-state index contributed by atoms with van der Waals surface area (Å²) in [6, 6.07) is 0. The fraction of sp³-hybridized carbons (Fsp3) is 0.815. The molecule has 7 atom stereocenters. The third-order valence-electron chi connectivity index (χ3n) is 8.75. The lowest BCUT2D eigenvalue weighted by atomic mass is 9.57. The third-order valence-corrected chi connectivity index (χ3v) is 8.75. The van der Waals surface area contributed by atoms with E-state index < -0.39 is 23.1 Å². The number of Topliss-reactive ketones (excluding diaryl/α,β-unsaturated/α-hetero) is 2. The van der Waals surface area contributed by atoms with Crippen molar-refractivity contribution < 1.29 is 23.9 Å². The standard InChI is InChI=1S/C27H42N2O5/c1-16(2)14-19-6-5-7-20-22(19)24(31)27(25(32)33-4)26(34-27,23(20)30)12-10-17(3)8-9-18-11-13-29-21(28)15-18/h10,16,18-22,29H,5-9,11-15,28H2,1-4H3. The lowest BCUT2D eigenvalue weighted by molar-refractivity contribution is -0.158. The van der Waals surface area contributed by atoms with Crippen LogP contribution < -0.4 is 11.1 Å². The zero-order valence-corrected chi connectivity index (χ0v) is 21.2. The van der Waals surface area contributed by atoms with Crippen molar-refractivity contribution in [2.75, 3.05) is 13.7 Å². The Labute approximate surface area is 203 Å². The van der Waals surface area contributed by atoms with Crippen LogP contribution in [0.1, 0.15) is 78.6 Å². The molecule has 0 aromatic rings. The molecule has 3 N–H and O–H groups in total. The van der Waals surface area contributed by atoms with Crippen LogP contribution in [-0.2, 0) is 23.9 Å². The smallest absolute Gasteiger partial charge is 0.349 e. The summed E-state index contributed by atoms with van der Waals surface area (Å²) >= 11 is 0. The molecule has 7 nitrogen and oxygen atoms in total. The van der Waals surface area contributed by atoms with Crippen LogP contribution >= 0.6 is 0 Å². The van der Waals surface area contributed by atoms with E-state index in [1.165, 1.54) is 7.11 Å². The number of ether oxygens (including phenoxy) is 2. The Balaban J connectivity index is 1.52. The second-order valence-corrected chi connectivity index (χ2v) is 11.5. The number of carbonyl (C=O) groups excluding carboxylic acids is 3. The summed E-state index contributed by atoms with van der Waals surface area (Å²) < 4.78 is 11.0. The van der Waals surface area contributed by atoms with Crippen LogP contribution in [0.4, 0.5) is 0 Å². The quantitative estimate of drug-likeness (QED) is 0.240. The topological polar surface area (TPSA) is 111 Å². The zero-order chi connectivity index (χ0) is 24.7. The van der Waals surface area contributed by atoms with Crippen LogP contribution in [0, 0.1) is 29.6 Å². The maximum absolute atomic E-state index is 13.9. The highest BCUT2D eigenvalue weighted by Crippen LogP contribution is 2.62. The van der Waals surface area contributed by atoms with Gasteiger partial charge in [-0.05, 0) is 76.2 Å². The molecule has 0 spiro atoms. The minimum absolute atomic E-state index is 0.0654. The van der Waals surface area contributed by atoms with Gasteiger partial charge in [0.25, 0.3) is 5.60 Å². The van der Waals surface area contributed by atoms with E-state index >= 15 is 0 Å². The highest BCUT2D eigenvalue weighted by molar-refractivity contribution is 6.23. The van der Waals surface area contributed by atoms with Gasteiger partial charge in [-0.2, -0.15) is 0 Å². The van der Waals surface area contributed by atoms with Crippen LogP contribution in [0.5, 0.6) is 0 Å². The van der Waals surface area contributed by atoms with E-state index in [-0.39, 0.29) is 36.0 Å². The van der Waals surface area contributed by atoms with Crippen molar-refractivity contribution in [3.63, 3.8) is 0 Å². The number of hydrogen-bond donors (Lipinski definition) is 2. The molecule has 34 heavy (non-hydrogen) atoms. The molecular weight excluding hydrogens is 432 g/mol. The van der Waals surface area contributed by atoms with E-state index in [1.807, 2.05) is 6.08 Å². The zero-order valence-electron chi connectivity index (χ0n) is 21.2. The lowest BCUT2D eigenvalue weighted by Crippen LogP contribution is -2.59. The lowest BCUT2D eigenvalue weighted by Gasteiger charge is -2.42. The number of hydrogen-bond acceptors (Lipinski definition) is 7. The van der Waals surface area contributed by atoms with Gasteiger partial charge < -0.3 is 20.5 Å². The molecule has 190 valence electrons. The number of nitrogens with one attached hydrogen (secondary N) is 1. The Morgan fingerprint density at radius 2 is 2.03 bits per heavy atom. The predicted molar refractivity (Wildman–Crippen MR) is 129 cm³/mol. The summed E-state index contributed by atoms with van der Waals surface area (Å²) in [5.74, 6) is -0.660. The van der Waals surface area contributed by atoms with E-state index in [1.54, 1.807) is 0 Å². The van der Waals surface area contributed by atoms with E-state index in [0.717, 1.165) is 57.1 Å². The van der Waals surface area contributed by atoms with E-state index in [2.05, 4.69) is 26.1 Å². The van der Waals surface area contributed by atoms with Gasteiger partial charge in [0.2, 0.25) is 0 Å². The van der Waals surface area contributed by atoms with Crippen molar-refractivity contribution in [1.82, 2.24) is 5.32 Å². The summed E-state index contributed by atoms with van der Waals surface area (Å²) in [5, 5.41) is 3.28. The Morgan fingerprint density at radius 1 is 1.26 bits per heavy atom. The average molecular weight is 475 g/mol. The van der Waals surface area contributed by atoms with Gasteiger partial charge in [-0.15, -0.1) is 0 Å². The highest BCUT2D eigenvalue weighted by atomic mass is 16.7. The monoisotopic (exact) mass is 474 g/mol. The minimum Gasteiger partial charge on any atom is -0.466 e. The summed E-state index contributed by atoms with van der Waals surface area (Å²) in [7, 11) is 1.27. The summed E-state index contributed by atoms with van der Waals surface area (Å²) in [6.45, 7) is 7.27. The minimum atomic E-state index is -1.76. The first-order valence-corrected chi connectivity index (χ1v) is 13.2. The number of methoxy groups -OCH3 is 1. The Hall–Kier alpha value is -1.57. The first-order chi connectivity index (χ1) is 16.2. The van der Waals surface area contributed by atoms with Gasteiger partial charge in [0.15, 0.2) is 17.2 Å². The Kier molecular flexibility index (Phi) is 7.37. The molecule has 2 aliphatic heterocycles. The molecule has 2 heterocycles. The van der Waals surface area contributed by atoms with Gasteiger partial charge in [0.05, 0.1) is 13.3 Å². The molecule has 0 bridgehead atoms. The summed E-state index contributed by atoms with van der Waals surface area (Å²) in [6.07, 6.45) is 9.80. The molecule has 7 unspecified atom stereocenters. The fourth-order valence-corrected chi connectivity index (χ4v) is 6.98. The summed E-state index contributed by atoms with van der Waals surface area (Å²) in [4.78, 5) is 40.6. The molecule has 7 heteroatoms. The molecule has 2 saturated carbocycles. The van der Waals surface area contributed by atoms with Crippen molar-refractivity contribution in [2.24, 2.45) is 35.3 Å². The Morgan fingerprint density at radius 3 is 2.71 bits per heavy atom. The van der Waals surface area contributed by atoms with E-state index in [9.17, 15) is 14.4 Å². The molecule has 0 amide bonds. The first-order valence-electron chi connectivity index (χ1n) is 13.2. The third kappa shape index (κ3) is 4.28. The number of piperidine rings is 1. The largest absolute Gasteiger partial charge is 0.466 e. The molecule has 4 aliphatic rings. The van der Waals surface area contributed by atoms with Gasteiger partial charge in [0, 0.05) is 18.3 Å². The number of nitrogens with two attached hydrogens (primary N) is 1. The number of esters is 1.